The van der Waals surface area contributed by atoms with Crippen LogP contribution in [-0.2, 0) is 11.2 Å². The van der Waals surface area contributed by atoms with Crippen molar-refractivity contribution in [2.45, 2.75) is 13.3 Å². The average Bonchev–Trinajstić information content (AvgIpc) is 2.63. The fourth-order valence-corrected chi connectivity index (χ4v) is 3.34. The molecular weight excluding hydrogens is 428 g/mol. The van der Waals surface area contributed by atoms with Gasteiger partial charge >= 0.3 is 0 Å². The maximum absolute atomic E-state index is 12.5. The summed E-state index contributed by atoms with van der Waals surface area (Å²) in [6, 6.07) is 10.8. The molecule has 0 radical (unpaired) electrons. The van der Waals surface area contributed by atoms with Crippen LogP contribution in [0.15, 0.2) is 53.0 Å². The first kappa shape index (κ1) is 20.8. The van der Waals surface area contributed by atoms with E-state index in [1.807, 2.05) is 19.1 Å². The van der Waals surface area contributed by atoms with Crippen molar-refractivity contribution in [1.29, 1.82) is 5.26 Å². The van der Waals surface area contributed by atoms with Gasteiger partial charge in [0, 0.05) is 10.7 Å². The fourth-order valence-electron chi connectivity index (χ4n) is 2.48. The van der Waals surface area contributed by atoms with Crippen LogP contribution in [0.4, 0.5) is 5.69 Å². The molecule has 4 nitrogen and oxygen atoms in total. The van der Waals surface area contributed by atoms with Crippen molar-refractivity contribution < 1.29 is 9.53 Å². The van der Waals surface area contributed by atoms with Gasteiger partial charge in [-0.05, 0) is 76.3 Å². The zero-order chi connectivity index (χ0) is 20.0. The van der Waals surface area contributed by atoms with Crippen molar-refractivity contribution in [1.82, 2.24) is 0 Å². The second-order valence-corrected chi connectivity index (χ2v) is 7.04. The molecule has 0 bridgehead atoms. The Balaban J connectivity index is 2.34. The minimum atomic E-state index is -0.505. The van der Waals surface area contributed by atoms with Crippen LogP contribution in [0.1, 0.15) is 16.7 Å². The van der Waals surface area contributed by atoms with E-state index in [4.69, 9.17) is 16.3 Å². The third-order valence-electron chi connectivity index (χ3n) is 3.82. The molecule has 2 rings (SSSR count). The molecule has 2 aromatic rings. The molecule has 1 amide bonds. The summed E-state index contributed by atoms with van der Waals surface area (Å²) in [6.07, 6.45) is 3.89. The van der Waals surface area contributed by atoms with E-state index in [1.54, 1.807) is 37.5 Å². The van der Waals surface area contributed by atoms with E-state index in [-0.39, 0.29) is 5.57 Å². The molecule has 6 heteroatoms. The maximum atomic E-state index is 12.5. The van der Waals surface area contributed by atoms with Crippen LogP contribution >= 0.6 is 27.5 Å². The topological polar surface area (TPSA) is 62.1 Å². The van der Waals surface area contributed by atoms with Gasteiger partial charge in [-0.25, -0.2) is 0 Å². The minimum Gasteiger partial charge on any atom is -0.495 e. The summed E-state index contributed by atoms with van der Waals surface area (Å²) < 4.78 is 6.12. The van der Waals surface area contributed by atoms with E-state index in [2.05, 4.69) is 27.8 Å². The third kappa shape index (κ3) is 5.22. The number of carbonyl (C=O) groups excluding carboxylic acids is 1. The molecule has 0 heterocycles. The Bertz CT molecular complexity index is 961. The Morgan fingerprint density at radius 2 is 2.15 bits per heavy atom. The van der Waals surface area contributed by atoms with Crippen molar-refractivity contribution in [3.8, 4) is 11.8 Å². The first-order chi connectivity index (χ1) is 12.9. The average molecular weight is 446 g/mol. The van der Waals surface area contributed by atoms with Gasteiger partial charge in [0.05, 0.1) is 11.6 Å². The Labute approximate surface area is 172 Å². The van der Waals surface area contributed by atoms with Crippen molar-refractivity contribution >= 4 is 45.2 Å². The van der Waals surface area contributed by atoms with Crippen LogP contribution < -0.4 is 10.1 Å². The minimum absolute atomic E-state index is 0.0201. The molecule has 2 aromatic carbocycles. The molecule has 1 N–H and O–H groups in total. The molecule has 0 aromatic heterocycles. The van der Waals surface area contributed by atoms with Gasteiger partial charge in [-0.3, -0.25) is 4.79 Å². The molecule has 0 fully saturated rings. The van der Waals surface area contributed by atoms with E-state index in [0.29, 0.717) is 28.4 Å². The maximum Gasteiger partial charge on any atom is 0.266 e. The summed E-state index contributed by atoms with van der Waals surface area (Å²) >= 11 is 9.54. The second-order valence-electron chi connectivity index (χ2n) is 5.78. The number of rotatable bonds is 6. The number of ether oxygens (including phenoxy) is 1. The quantitative estimate of drug-likeness (QED) is 0.353. The van der Waals surface area contributed by atoms with Crippen molar-refractivity contribution in [3.63, 3.8) is 0 Å². The number of nitrogens with zero attached hydrogens (tertiary/aromatic N) is 1. The monoisotopic (exact) mass is 444 g/mol. The van der Waals surface area contributed by atoms with Crippen LogP contribution in [-0.4, -0.2) is 13.0 Å². The van der Waals surface area contributed by atoms with Gasteiger partial charge in [-0.1, -0.05) is 23.7 Å². The lowest BCUT2D eigenvalue weighted by atomic mass is 10.0. The highest BCUT2D eigenvalue weighted by Gasteiger charge is 2.13. The normalized spacial score (nSPS) is 10.9. The van der Waals surface area contributed by atoms with Crippen LogP contribution in [0.25, 0.3) is 6.08 Å². The van der Waals surface area contributed by atoms with E-state index in [0.717, 1.165) is 15.6 Å². The van der Waals surface area contributed by atoms with Crippen molar-refractivity contribution in [3.05, 3.63) is 74.7 Å². The summed E-state index contributed by atoms with van der Waals surface area (Å²) in [5, 5.41) is 12.7. The van der Waals surface area contributed by atoms with Crippen molar-refractivity contribution in [2.75, 3.05) is 12.4 Å². The SMILES string of the molecule is C=CCc1cc(/C=C(/C#N)C(=O)Nc2ccc(C)c(Cl)c2)cc(Br)c1OC. The number of anilines is 1. The van der Waals surface area contributed by atoms with Gasteiger partial charge in [-0.15, -0.1) is 6.58 Å². The number of hydrogen-bond acceptors (Lipinski definition) is 3. The number of methoxy groups -OCH3 is 1. The zero-order valence-corrected chi connectivity index (χ0v) is 17.3. The number of amides is 1. The number of benzene rings is 2. The van der Waals surface area contributed by atoms with Gasteiger partial charge in [0.25, 0.3) is 5.91 Å². The summed E-state index contributed by atoms with van der Waals surface area (Å²) in [6.45, 7) is 5.61. The van der Waals surface area contributed by atoms with Gasteiger partial charge < -0.3 is 10.1 Å². The lowest BCUT2D eigenvalue weighted by Gasteiger charge is -2.11. The number of nitriles is 1. The highest BCUT2D eigenvalue weighted by molar-refractivity contribution is 9.10. The molecule has 0 saturated heterocycles. The standard InChI is InChI=1S/C21H18BrClN2O2/c1-4-5-15-8-14(10-18(22)20(15)27-3)9-16(12-24)21(26)25-17-7-6-13(2)19(23)11-17/h4,6-11H,1,5H2,2-3H3,(H,25,26)/b16-9-. The smallest absolute Gasteiger partial charge is 0.266 e. The van der Waals surface area contributed by atoms with Crippen molar-refractivity contribution in [2.24, 2.45) is 0 Å². The largest absolute Gasteiger partial charge is 0.495 e. The second kappa shape index (κ2) is 9.40. The Kier molecular flexibility index (Phi) is 7.23. The van der Waals surface area contributed by atoms with Gasteiger partial charge in [-0.2, -0.15) is 5.26 Å². The Morgan fingerprint density at radius 1 is 1.41 bits per heavy atom. The van der Waals surface area contributed by atoms with E-state index in [9.17, 15) is 10.1 Å². The van der Waals surface area contributed by atoms with Crippen LogP contribution in [0, 0.1) is 18.3 Å². The predicted molar refractivity (Wildman–Crippen MR) is 113 cm³/mol. The van der Waals surface area contributed by atoms with Crippen LogP contribution in [0.2, 0.25) is 5.02 Å². The number of halogens is 2. The lowest BCUT2D eigenvalue weighted by Crippen LogP contribution is -2.13. The summed E-state index contributed by atoms with van der Waals surface area (Å²) in [5.74, 6) is 0.193. The Morgan fingerprint density at radius 3 is 2.74 bits per heavy atom. The van der Waals surface area contributed by atoms with Gasteiger partial charge in [0.1, 0.15) is 17.4 Å². The summed E-state index contributed by atoms with van der Waals surface area (Å²) in [5.41, 5.74) is 3.01. The predicted octanol–water partition coefficient (Wildman–Crippen LogP) is 5.69. The van der Waals surface area contributed by atoms with Gasteiger partial charge in [0.15, 0.2) is 0 Å². The highest BCUT2D eigenvalue weighted by Crippen LogP contribution is 2.32. The first-order valence-corrected chi connectivity index (χ1v) is 9.23. The number of carbonyl (C=O) groups is 1. The number of allylic oxidation sites excluding steroid dienone is 1. The van der Waals surface area contributed by atoms with Crippen LogP contribution in [0.5, 0.6) is 5.75 Å². The van der Waals surface area contributed by atoms with Crippen LogP contribution in [0.3, 0.4) is 0 Å². The van der Waals surface area contributed by atoms with E-state index < -0.39 is 5.91 Å². The van der Waals surface area contributed by atoms with E-state index in [1.165, 1.54) is 6.08 Å². The molecule has 0 unspecified atom stereocenters. The fraction of sp³-hybridized carbons (Fsp3) is 0.143. The Hall–Kier alpha value is -2.55. The molecular formula is C21H18BrClN2O2. The van der Waals surface area contributed by atoms with Gasteiger partial charge in [0.2, 0.25) is 0 Å². The third-order valence-corrected chi connectivity index (χ3v) is 4.81. The first-order valence-electron chi connectivity index (χ1n) is 8.06. The highest BCUT2D eigenvalue weighted by atomic mass is 79.9. The summed E-state index contributed by atoms with van der Waals surface area (Å²) in [7, 11) is 1.59. The number of hydrogen-bond donors (Lipinski definition) is 1. The molecule has 0 aliphatic heterocycles. The lowest BCUT2D eigenvalue weighted by molar-refractivity contribution is -0.112. The molecule has 0 aliphatic carbocycles. The van der Waals surface area contributed by atoms with E-state index >= 15 is 0 Å². The number of nitrogens with one attached hydrogen (secondary N) is 1. The molecule has 138 valence electrons. The molecule has 0 aliphatic rings. The molecule has 0 saturated carbocycles. The zero-order valence-electron chi connectivity index (χ0n) is 15.0. The molecule has 0 atom stereocenters. The molecule has 27 heavy (non-hydrogen) atoms. The molecule has 0 spiro atoms. The summed E-state index contributed by atoms with van der Waals surface area (Å²) in [4.78, 5) is 12.5. The number of aryl methyl sites for hydroxylation is 1.